The minimum absolute atomic E-state index is 0.000417. The van der Waals surface area contributed by atoms with Crippen LogP contribution in [0.25, 0.3) is 0 Å². The molecule has 1 aliphatic heterocycles. The molecule has 2 N–H and O–H groups in total. The maximum atomic E-state index is 13.2. The molecule has 0 aromatic heterocycles. The van der Waals surface area contributed by atoms with Crippen molar-refractivity contribution in [2.24, 2.45) is 5.92 Å². The van der Waals surface area contributed by atoms with E-state index in [1.54, 1.807) is 18.2 Å². The first-order valence-electron chi connectivity index (χ1n) is 8.64. The van der Waals surface area contributed by atoms with Crippen LogP contribution in [-0.4, -0.2) is 24.9 Å². The van der Waals surface area contributed by atoms with E-state index < -0.39 is 0 Å². The van der Waals surface area contributed by atoms with Crippen LogP contribution in [0.5, 0.6) is 0 Å². The second-order valence-electron chi connectivity index (χ2n) is 6.70. The first-order valence-corrected chi connectivity index (χ1v) is 8.64. The lowest BCUT2D eigenvalue weighted by molar-refractivity contribution is -0.121. The molecule has 1 aliphatic rings. The van der Waals surface area contributed by atoms with Gasteiger partial charge in [0.2, 0.25) is 11.8 Å². The molecule has 0 aliphatic carbocycles. The van der Waals surface area contributed by atoms with Crippen molar-refractivity contribution in [3.63, 3.8) is 0 Å². The Kier molecular flexibility index (Phi) is 5.32. The number of halogens is 1. The van der Waals surface area contributed by atoms with Crippen molar-refractivity contribution in [1.82, 2.24) is 5.32 Å². The zero-order valence-corrected chi connectivity index (χ0v) is 14.8. The predicted octanol–water partition coefficient (Wildman–Crippen LogP) is 3.10. The van der Waals surface area contributed by atoms with Crippen molar-refractivity contribution < 1.29 is 14.0 Å². The highest BCUT2D eigenvalue weighted by atomic mass is 19.1. The number of fused-ring (bicyclic) bond motifs is 1. The van der Waals surface area contributed by atoms with Gasteiger partial charge in [0.1, 0.15) is 12.4 Å². The molecule has 0 radical (unpaired) electrons. The van der Waals surface area contributed by atoms with Gasteiger partial charge in [0, 0.05) is 6.04 Å². The van der Waals surface area contributed by atoms with Gasteiger partial charge in [0.15, 0.2) is 0 Å². The van der Waals surface area contributed by atoms with E-state index in [-0.39, 0.29) is 42.7 Å². The topological polar surface area (TPSA) is 61.4 Å². The number of hydrogen-bond acceptors (Lipinski definition) is 3. The van der Waals surface area contributed by atoms with E-state index in [4.69, 9.17) is 0 Å². The van der Waals surface area contributed by atoms with Crippen molar-refractivity contribution in [3.8, 4) is 0 Å². The number of anilines is 2. The van der Waals surface area contributed by atoms with Gasteiger partial charge in [-0.15, -0.1) is 0 Å². The lowest BCUT2D eigenvalue weighted by atomic mass is 9.96. The fraction of sp³-hybridized carbons (Fsp3) is 0.300. The van der Waals surface area contributed by atoms with Gasteiger partial charge in [-0.2, -0.15) is 0 Å². The van der Waals surface area contributed by atoms with E-state index in [9.17, 15) is 14.0 Å². The van der Waals surface area contributed by atoms with Crippen LogP contribution in [0.15, 0.2) is 48.5 Å². The number of para-hydroxylation sites is 2. The number of benzene rings is 2. The standard InChI is InChI=1S/C20H22FN3O2/c1-13(2)20(14-7-9-15(21)10-8-14)22-11-19(26)24-12-18(25)23-16-5-3-4-6-17(16)24/h3-10,13,20,22H,11-12H2,1-2H3,(H,23,25)/t20-/m0/s1. The summed E-state index contributed by atoms with van der Waals surface area (Å²) in [7, 11) is 0. The second-order valence-corrected chi connectivity index (χ2v) is 6.70. The van der Waals surface area contributed by atoms with Crippen molar-refractivity contribution in [2.45, 2.75) is 19.9 Å². The maximum absolute atomic E-state index is 13.2. The molecule has 6 heteroatoms. The summed E-state index contributed by atoms with van der Waals surface area (Å²) in [6.45, 7) is 4.16. The van der Waals surface area contributed by atoms with Crippen LogP contribution in [0.1, 0.15) is 25.5 Å². The summed E-state index contributed by atoms with van der Waals surface area (Å²) in [6, 6.07) is 13.4. The van der Waals surface area contributed by atoms with Crippen molar-refractivity contribution >= 4 is 23.2 Å². The van der Waals surface area contributed by atoms with E-state index in [1.807, 2.05) is 32.0 Å². The van der Waals surface area contributed by atoms with Gasteiger partial charge in [-0.05, 0) is 35.7 Å². The molecule has 3 rings (SSSR count). The molecule has 2 amide bonds. The Balaban J connectivity index is 1.73. The first kappa shape index (κ1) is 18.1. The molecule has 2 aromatic carbocycles. The summed E-state index contributed by atoms with van der Waals surface area (Å²) in [5, 5.41) is 6.02. The zero-order valence-electron chi connectivity index (χ0n) is 14.8. The van der Waals surface area contributed by atoms with Crippen molar-refractivity contribution in [1.29, 1.82) is 0 Å². The SMILES string of the molecule is CC(C)[C@H](NCC(=O)N1CC(=O)Nc2ccccc21)c1ccc(F)cc1. The van der Waals surface area contributed by atoms with Crippen LogP contribution in [0.3, 0.4) is 0 Å². The Bertz CT molecular complexity index is 805. The van der Waals surface area contributed by atoms with Crippen LogP contribution >= 0.6 is 0 Å². The molecule has 0 bridgehead atoms. The van der Waals surface area contributed by atoms with Crippen LogP contribution in [0.2, 0.25) is 0 Å². The minimum atomic E-state index is -0.289. The van der Waals surface area contributed by atoms with Gasteiger partial charge < -0.3 is 10.6 Å². The van der Waals surface area contributed by atoms with Gasteiger partial charge in [-0.3, -0.25) is 14.5 Å². The highest BCUT2D eigenvalue weighted by Gasteiger charge is 2.27. The van der Waals surface area contributed by atoms with E-state index in [0.717, 1.165) is 5.56 Å². The lowest BCUT2D eigenvalue weighted by Gasteiger charge is -2.30. The van der Waals surface area contributed by atoms with E-state index in [0.29, 0.717) is 11.4 Å². The largest absolute Gasteiger partial charge is 0.323 e. The number of amides is 2. The first-order chi connectivity index (χ1) is 12.5. The number of hydrogen-bond donors (Lipinski definition) is 2. The third-order valence-corrected chi connectivity index (χ3v) is 4.44. The van der Waals surface area contributed by atoms with Crippen LogP contribution in [0, 0.1) is 11.7 Å². The van der Waals surface area contributed by atoms with Crippen LogP contribution in [0.4, 0.5) is 15.8 Å². The van der Waals surface area contributed by atoms with Crippen molar-refractivity contribution in [3.05, 3.63) is 59.9 Å². The monoisotopic (exact) mass is 355 g/mol. The highest BCUT2D eigenvalue weighted by molar-refractivity contribution is 6.10. The van der Waals surface area contributed by atoms with Gasteiger partial charge in [-0.1, -0.05) is 38.1 Å². The Morgan fingerprint density at radius 1 is 1.19 bits per heavy atom. The smallest absolute Gasteiger partial charge is 0.244 e. The minimum Gasteiger partial charge on any atom is -0.323 e. The molecule has 0 spiro atoms. The summed E-state index contributed by atoms with van der Waals surface area (Å²) in [6.07, 6.45) is 0. The normalized spacial score (nSPS) is 14.8. The Morgan fingerprint density at radius 3 is 2.58 bits per heavy atom. The molecular weight excluding hydrogens is 333 g/mol. The molecule has 0 saturated heterocycles. The second kappa shape index (κ2) is 7.66. The summed E-state index contributed by atoms with van der Waals surface area (Å²) < 4.78 is 13.2. The summed E-state index contributed by atoms with van der Waals surface area (Å²) >= 11 is 0. The average Bonchev–Trinajstić information content (AvgIpc) is 2.62. The van der Waals surface area contributed by atoms with E-state index >= 15 is 0 Å². The average molecular weight is 355 g/mol. The molecule has 5 nitrogen and oxygen atoms in total. The van der Waals surface area contributed by atoms with Crippen molar-refractivity contribution in [2.75, 3.05) is 23.3 Å². The highest BCUT2D eigenvalue weighted by Crippen LogP contribution is 2.29. The summed E-state index contributed by atoms with van der Waals surface area (Å²) in [5.41, 5.74) is 2.25. The number of nitrogens with zero attached hydrogens (tertiary/aromatic N) is 1. The molecule has 1 atom stereocenters. The van der Waals surface area contributed by atoms with Crippen LogP contribution < -0.4 is 15.5 Å². The molecule has 2 aromatic rings. The van der Waals surface area contributed by atoms with Gasteiger partial charge in [0.05, 0.1) is 17.9 Å². The van der Waals surface area contributed by atoms with E-state index in [1.165, 1.54) is 17.0 Å². The van der Waals surface area contributed by atoms with Gasteiger partial charge in [0.25, 0.3) is 0 Å². The predicted molar refractivity (Wildman–Crippen MR) is 99.4 cm³/mol. The molecule has 0 fully saturated rings. The zero-order chi connectivity index (χ0) is 18.7. The molecule has 0 unspecified atom stereocenters. The number of nitrogens with one attached hydrogen (secondary N) is 2. The fourth-order valence-electron chi connectivity index (χ4n) is 3.16. The third-order valence-electron chi connectivity index (χ3n) is 4.44. The van der Waals surface area contributed by atoms with E-state index in [2.05, 4.69) is 10.6 Å². The molecule has 0 saturated carbocycles. The maximum Gasteiger partial charge on any atom is 0.244 e. The Morgan fingerprint density at radius 2 is 1.88 bits per heavy atom. The summed E-state index contributed by atoms with van der Waals surface area (Å²) in [5.74, 6) is -0.468. The Labute approximate surface area is 152 Å². The third kappa shape index (κ3) is 3.91. The molecule has 26 heavy (non-hydrogen) atoms. The Hall–Kier alpha value is -2.73. The lowest BCUT2D eigenvalue weighted by Crippen LogP contribution is -2.46. The number of carbonyl (C=O) groups is 2. The van der Waals surface area contributed by atoms with Gasteiger partial charge in [-0.25, -0.2) is 4.39 Å². The molecule has 136 valence electrons. The quantitative estimate of drug-likeness (QED) is 0.866. The fourth-order valence-corrected chi connectivity index (χ4v) is 3.16. The number of carbonyl (C=O) groups excluding carboxylic acids is 2. The van der Waals surface area contributed by atoms with Crippen LogP contribution in [-0.2, 0) is 9.59 Å². The molecule has 1 heterocycles. The number of rotatable bonds is 5. The van der Waals surface area contributed by atoms with Gasteiger partial charge >= 0.3 is 0 Å². The summed E-state index contributed by atoms with van der Waals surface area (Å²) in [4.78, 5) is 26.1. The molecular formula is C20H22FN3O2.